The molecule has 29 heavy (non-hydrogen) atoms. The summed E-state index contributed by atoms with van der Waals surface area (Å²) in [4.78, 5) is 30.4. The molecule has 150 valence electrons. The van der Waals surface area contributed by atoms with Gasteiger partial charge in [0.2, 0.25) is 0 Å². The van der Waals surface area contributed by atoms with Crippen LogP contribution in [0.4, 0.5) is 5.69 Å². The van der Waals surface area contributed by atoms with Crippen molar-refractivity contribution >= 4 is 40.6 Å². The van der Waals surface area contributed by atoms with Crippen LogP contribution in [0.2, 0.25) is 0 Å². The Labute approximate surface area is 172 Å². The third-order valence-electron chi connectivity index (χ3n) is 4.27. The fourth-order valence-corrected chi connectivity index (χ4v) is 3.79. The third kappa shape index (κ3) is 4.43. The van der Waals surface area contributed by atoms with E-state index in [1.165, 1.54) is 23.9 Å². The van der Waals surface area contributed by atoms with Crippen LogP contribution >= 0.6 is 11.8 Å². The van der Waals surface area contributed by atoms with Crippen molar-refractivity contribution in [3.63, 3.8) is 0 Å². The fourth-order valence-electron chi connectivity index (χ4n) is 2.74. The Kier molecular flexibility index (Phi) is 6.23. The number of amidine groups is 1. The van der Waals surface area contributed by atoms with E-state index in [2.05, 4.69) is 4.99 Å². The number of aromatic carboxylic acids is 1. The fraction of sp³-hybridized carbons (Fsp3) is 0.190. The largest absolute Gasteiger partial charge is 0.497 e. The molecule has 0 bridgehead atoms. The highest BCUT2D eigenvalue weighted by molar-refractivity contribution is 8.18. The van der Waals surface area contributed by atoms with E-state index in [0.717, 1.165) is 5.56 Å². The number of hydrogen-bond donors (Lipinski definition) is 1. The van der Waals surface area contributed by atoms with Crippen LogP contribution in [0, 0.1) is 0 Å². The Bertz CT molecular complexity index is 999. The number of benzene rings is 2. The molecule has 2 aromatic rings. The molecule has 7 nitrogen and oxygen atoms in total. The average molecular weight is 412 g/mol. The van der Waals surface area contributed by atoms with E-state index in [0.29, 0.717) is 33.8 Å². The highest BCUT2D eigenvalue weighted by Gasteiger charge is 2.32. The number of carbonyl (C=O) groups is 2. The summed E-state index contributed by atoms with van der Waals surface area (Å²) in [6, 6.07) is 11.6. The second-order valence-electron chi connectivity index (χ2n) is 6.01. The number of hydrogen-bond acceptors (Lipinski definition) is 6. The molecule has 2 aromatic carbocycles. The number of carboxylic acids is 1. The molecule has 1 aliphatic rings. The Balaban J connectivity index is 1.92. The van der Waals surface area contributed by atoms with Crippen molar-refractivity contribution in [1.29, 1.82) is 0 Å². The summed E-state index contributed by atoms with van der Waals surface area (Å²) in [6.07, 6.45) is 1.77. The summed E-state index contributed by atoms with van der Waals surface area (Å²) in [7, 11) is 3.14. The predicted molar refractivity (Wildman–Crippen MR) is 113 cm³/mol. The zero-order chi connectivity index (χ0) is 21.0. The smallest absolute Gasteiger partial charge is 0.335 e. The summed E-state index contributed by atoms with van der Waals surface area (Å²) >= 11 is 1.27. The van der Waals surface area contributed by atoms with Gasteiger partial charge in [0.15, 0.2) is 5.17 Å². The van der Waals surface area contributed by atoms with Gasteiger partial charge in [0.25, 0.3) is 5.91 Å². The molecule has 1 saturated heterocycles. The van der Waals surface area contributed by atoms with Gasteiger partial charge >= 0.3 is 5.97 Å². The van der Waals surface area contributed by atoms with Crippen molar-refractivity contribution in [3.05, 3.63) is 58.5 Å². The van der Waals surface area contributed by atoms with Crippen LogP contribution in [-0.4, -0.2) is 47.8 Å². The third-order valence-corrected chi connectivity index (χ3v) is 5.28. The molecule has 8 heteroatoms. The molecule has 0 aliphatic carbocycles. The number of amides is 1. The Hall–Kier alpha value is -3.26. The molecule has 1 N–H and O–H groups in total. The molecule has 0 radical (unpaired) electrons. The Morgan fingerprint density at radius 3 is 2.48 bits per heavy atom. The summed E-state index contributed by atoms with van der Waals surface area (Å²) in [6.45, 7) is 2.34. The lowest BCUT2D eigenvalue weighted by molar-refractivity contribution is -0.122. The lowest BCUT2D eigenvalue weighted by Gasteiger charge is -2.12. The maximum Gasteiger partial charge on any atom is 0.335 e. The van der Waals surface area contributed by atoms with E-state index in [4.69, 9.17) is 14.6 Å². The highest BCUT2D eigenvalue weighted by atomic mass is 32.2. The summed E-state index contributed by atoms with van der Waals surface area (Å²) < 4.78 is 10.6. The van der Waals surface area contributed by atoms with Crippen molar-refractivity contribution in [3.8, 4) is 11.5 Å². The molecule has 1 aliphatic heterocycles. The first-order valence-electron chi connectivity index (χ1n) is 8.82. The number of methoxy groups -OCH3 is 2. The monoisotopic (exact) mass is 412 g/mol. The van der Waals surface area contributed by atoms with Crippen LogP contribution in [0.5, 0.6) is 11.5 Å². The summed E-state index contributed by atoms with van der Waals surface area (Å²) in [5.41, 5.74) is 1.52. The SMILES string of the molecule is CCN1C(=O)/C(=C\c2ccc(OC)cc2OC)SC1=Nc1ccc(C(=O)O)cc1. The first-order chi connectivity index (χ1) is 14.0. The van der Waals surface area contributed by atoms with Crippen LogP contribution in [-0.2, 0) is 4.79 Å². The highest BCUT2D eigenvalue weighted by Crippen LogP contribution is 2.36. The number of ether oxygens (including phenoxy) is 2. The van der Waals surface area contributed by atoms with Crippen LogP contribution in [0.3, 0.4) is 0 Å². The van der Waals surface area contributed by atoms with Gasteiger partial charge in [-0.05, 0) is 61.2 Å². The van der Waals surface area contributed by atoms with E-state index in [1.807, 2.05) is 13.0 Å². The van der Waals surface area contributed by atoms with Gasteiger partial charge in [-0.15, -0.1) is 0 Å². The topological polar surface area (TPSA) is 88.4 Å². The van der Waals surface area contributed by atoms with Crippen molar-refractivity contribution < 1.29 is 24.2 Å². The van der Waals surface area contributed by atoms with Gasteiger partial charge in [0, 0.05) is 18.2 Å². The zero-order valence-corrected chi connectivity index (χ0v) is 17.0. The van der Waals surface area contributed by atoms with E-state index in [9.17, 15) is 9.59 Å². The number of aliphatic imine (C=N–C) groups is 1. The van der Waals surface area contributed by atoms with Crippen molar-refractivity contribution in [2.24, 2.45) is 4.99 Å². The number of rotatable bonds is 6. The Morgan fingerprint density at radius 1 is 1.17 bits per heavy atom. The Morgan fingerprint density at radius 2 is 1.90 bits per heavy atom. The minimum absolute atomic E-state index is 0.142. The van der Waals surface area contributed by atoms with Gasteiger partial charge in [-0.3, -0.25) is 9.69 Å². The maximum atomic E-state index is 12.8. The van der Waals surface area contributed by atoms with Gasteiger partial charge in [-0.2, -0.15) is 0 Å². The second-order valence-corrected chi connectivity index (χ2v) is 7.02. The van der Waals surface area contributed by atoms with Gasteiger partial charge < -0.3 is 14.6 Å². The van der Waals surface area contributed by atoms with Gasteiger partial charge in [-0.1, -0.05) is 0 Å². The normalized spacial score (nSPS) is 16.5. The molecular formula is C21H20N2O5S. The molecule has 0 atom stereocenters. The van der Waals surface area contributed by atoms with Crippen LogP contribution < -0.4 is 9.47 Å². The molecular weight excluding hydrogens is 392 g/mol. The van der Waals surface area contributed by atoms with Gasteiger partial charge in [-0.25, -0.2) is 9.79 Å². The molecule has 1 heterocycles. The first kappa shape index (κ1) is 20.5. The summed E-state index contributed by atoms with van der Waals surface area (Å²) in [5, 5.41) is 9.55. The van der Waals surface area contributed by atoms with E-state index < -0.39 is 5.97 Å². The molecule has 1 fully saturated rings. The lowest BCUT2D eigenvalue weighted by Crippen LogP contribution is -2.28. The molecule has 0 saturated carbocycles. The number of carbonyl (C=O) groups excluding carboxylic acids is 1. The lowest BCUT2D eigenvalue weighted by atomic mass is 10.1. The van der Waals surface area contributed by atoms with Gasteiger partial charge in [0.05, 0.1) is 30.4 Å². The second kappa shape index (κ2) is 8.83. The average Bonchev–Trinajstić information content (AvgIpc) is 3.02. The molecule has 0 spiro atoms. The molecule has 3 rings (SSSR count). The molecule has 1 amide bonds. The van der Waals surface area contributed by atoms with Crippen molar-refractivity contribution in [2.75, 3.05) is 20.8 Å². The van der Waals surface area contributed by atoms with E-state index >= 15 is 0 Å². The van der Waals surface area contributed by atoms with Crippen molar-refractivity contribution in [2.45, 2.75) is 6.92 Å². The first-order valence-corrected chi connectivity index (χ1v) is 9.64. The minimum Gasteiger partial charge on any atom is -0.497 e. The quantitative estimate of drug-likeness (QED) is 0.721. The molecule has 0 aromatic heterocycles. The predicted octanol–water partition coefficient (Wildman–Crippen LogP) is 4.03. The maximum absolute atomic E-state index is 12.8. The zero-order valence-electron chi connectivity index (χ0n) is 16.2. The standard InChI is InChI=1S/C21H20N2O5S/c1-4-23-19(24)18(11-14-7-10-16(27-2)12-17(14)28-3)29-21(23)22-15-8-5-13(6-9-15)20(25)26/h5-12H,4H2,1-3H3,(H,25,26)/b18-11+,22-21?. The number of thioether (sulfide) groups is 1. The number of nitrogens with zero attached hydrogens (tertiary/aromatic N) is 2. The van der Waals surface area contributed by atoms with Gasteiger partial charge in [0.1, 0.15) is 11.5 Å². The van der Waals surface area contributed by atoms with Crippen molar-refractivity contribution in [1.82, 2.24) is 4.90 Å². The minimum atomic E-state index is -0.997. The van der Waals surface area contributed by atoms with Crippen LogP contribution in [0.25, 0.3) is 6.08 Å². The molecule has 0 unspecified atom stereocenters. The van der Waals surface area contributed by atoms with E-state index in [1.54, 1.807) is 49.5 Å². The van der Waals surface area contributed by atoms with Crippen LogP contribution in [0.15, 0.2) is 52.4 Å². The number of carboxylic acid groups (broad SMARTS) is 1. The summed E-state index contributed by atoms with van der Waals surface area (Å²) in [5.74, 6) is 0.124. The van der Waals surface area contributed by atoms with E-state index in [-0.39, 0.29) is 11.5 Å². The van der Waals surface area contributed by atoms with Crippen LogP contribution in [0.1, 0.15) is 22.8 Å². The number of likely N-dealkylation sites (N-methyl/N-ethyl adjacent to an activating group) is 1.